The Bertz CT molecular complexity index is 454. The summed E-state index contributed by atoms with van der Waals surface area (Å²) in [6.45, 7) is 4.53. The van der Waals surface area contributed by atoms with Crippen LogP contribution in [-0.2, 0) is 29.1 Å². The van der Waals surface area contributed by atoms with Gasteiger partial charge in [-0.2, -0.15) is 0 Å². The monoisotopic (exact) mass is 630 g/mol. The third-order valence-electron chi connectivity index (χ3n) is 7.97. The molecule has 0 aromatic carbocycles. The number of hydrogen-bond acceptors (Lipinski definition) is 4. The third kappa shape index (κ3) is 49.6. The second-order valence-electron chi connectivity index (χ2n) is 12.1. The number of carboxylic acid groups (broad SMARTS) is 2. The quantitative estimate of drug-likeness (QED) is 0.0546. The van der Waals surface area contributed by atoms with Crippen molar-refractivity contribution < 1.29 is 39.3 Å². The van der Waals surface area contributed by atoms with E-state index in [9.17, 15) is 19.8 Å². The summed E-state index contributed by atoms with van der Waals surface area (Å²) in [5.74, 6) is -1.81. The van der Waals surface area contributed by atoms with Gasteiger partial charge in [0.25, 0.3) is 0 Å². The number of unbranched alkanes of at least 4 members (excludes halogenated alkanes) is 28. The Morgan fingerprint density at radius 1 is 0.317 bits per heavy atom. The van der Waals surface area contributed by atoms with Crippen LogP contribution in [0.25, 0.3) is 0 Å². The molecule has 0 saturated heterocycles. The van der Waals surface area contributed by atoms with Gasteiger partial charge in [0.05, 0.1) is 0 Å². The van der Waals surface area contributed by atoms with Gasteiger partial charge in [0.15, 0.2) is 0 Å². The maximum absolute atomic E-state index is 10.2. The van der Waals surface area contributed by atoms with Crippen molar-refractivity contribution >= 4 is 11.9 Å². The summed E-state index contributed by atoms with van der Waals surface area (Å²) >= 11 is 0. The van der Waals surface area contributed by atoms with Gasteiger partial charge >= 0.3 is 19.5 Å². The van der Waals surface area contributed by atoms with Crippen LogP contribution in [0.1, 0.15) is 219 Å². The summed E-state index contributed by atoms with van der Waals surface area (Å²) in [6, 6.07) is 0. The van der Waals surface area contributed by atoms with Gasteiger partial charge in [0.1, 0.15) is 0 Å². The molecule has 41 heavy (non-hydrogen) atoms. The Morgan fingerprint density at radius 3 is 0.610 bits per heavy atom. The molecule has 0 aromatic heterocycles. The van der Waals surface area contributed by atoms with Crippen molar-refractivity contribution in [3.8, 4) is 0 Å². The Hall–Kier alpha value is -0.437. The zero-order chi connectivity index (χ0) is 29.8. The number of carbonyl (C=O) groups excluding carboxylic acids is 2. The number of hydrogen-bond donors (Lipinski definition) is 0. The first-order valence-corrected chi connectivity index (χ1v) is 17.9. The van der Waals surface area contributed by atoms with Crippen LogP contribution in [0.3, 0.4) is 0 Å². The SMILES string of the molecule is CCCCCCCCCCCCCCCCCC(=O)[O-].CCCCCCCCCCCCCCCCCC(=O)[O-].[Zn+2]. The van der Waals surface area contributed by atoms with Crippen molar-refractivity contribution in [2.75, 3.05) is 0 Å². The standard InChI is InChI=1S/2C18H36O2.Zn/c2*1-2-3-4-5-6-7-8-9-10-11-12-13-14-15-16-17-18(19)20;/h2*2-17H2,1H3,(H,19,20);/q;;+2/p-2. The fourth-order valence-corrected chi connectivity index (χ4v) is 5.28. The average Bonchev–Trinajstić information content (AvgIpc) is 2.93. The molecule has 0 fully saturated rings. The van der Waals surface area contributed by atoms with Crippen molar-refractivity contribution in [2.24, 2.45) is 0 Å². The Morgan fingerprint density at radius 2 is 0.463 bits per heavy atom. The maximum Gasteiger partial charge on any atom is 2.00 e. The zero-order valence-corrected chi connectivity index (χ0v) is 30.9. The van der Waals surface area contributed by atoms with Crippen LogP contribution in [0.2, 0.25) is 0 Å². The molecule has 5 heteroatoms. The summed E-state index contributed by atoms with van der Waals surface area (Å²) in [6.07, 6.45) is 39.7. The fraction of sp³-hybridized carbons (Fsp3) is 0.944. The van der Waals surface area contributed by atoms with E-state index >= 15 is 0 Å². The molecule has 0 bridgehead atoms. The van der Waals surface area contributed by atoms with Crippen LogP contribution >= 0.6 is 0 Å². The summed E-state index contributed by atoms with van der Waals surface area (Å²) in [5.41, 5.74) is 0. The van der Waals surface area contributed by atoms with Crippen molar-refractivity contribution in [3.05, 3.63) is 0 Å². The first-order valence-electron chi connectivity index (χ1n) is 17.9. The summed E-state index contributed by atoms with van der Waals surface area (Å²) in [5, 5.41) is 20.4. The Labute approximate surface area is 269 Å². The van der Waals surface area contributed by atoms with Gasteiger partial charge < -0.3 is 19.8 Å². The van der Waals surface area contributed by atoms with Crippen LogP contribution in [0.4, 0.5) is 0 Å². The molecule has 0 aliphatic heterocycles. The van der Waals surface area contributed by atoms with E-state index in [1.807, 2.05) is 0 Å². The van der Waals surface area contributed by atoms with Crippen molar-refractivity contribution in [2.45, 2.75) is 219 Å². The molecule has 0 aliphatic carbocycles. The summed E-state index contributed by atoms with van der Waals surface area (Å²) < 4.78 is 0. The Balaban J connectivity index is -0.000000688. The normalized spacial score (nSPS) is 10.6. The van der Waals surface area contributed by atoms with Crippen LogP contribution in [0, 0.1) is 0 Å². The predicted molar refractivity (Wildman–Crippen MR) is 169 cm³/mol. The van der Waals surface area contributed by atoms with Gasteiger partial charge in [-0.3, -0.25) is 0 Å². The number of carbonyl (C=O) groups is 2. The van der Waals surface area contributed by atoms with E-state index in [1.54, 1.807) is 0 Å². The molecule has 0 saturated carbocycles. The molecule has 4 nitrogen and oxygen atoms in total. The number of rotatable bonds is 32. The van der Waals surface area contributed by atoms with E-state index in [2.05, 4.69) is 13.8 Å². The van der Waals surface area contributed by atoms with Crippen molar-refractivity contribution in [1.29, 1.82) is 0 Å². The minimum atomic E-state index is -0.903. The van der Waals surface area contributed by atoms with E-state index < -0.39 is 11.9 Å². The van der Waals surface area contributed by atoms with E-state index in [0.717, 1.165) is 25.7 Å². The first kappa shape index (κ1) is 45.0. The van der Waals surface area contributed by atoms with Gasteiger partial charge in [0.2, 0.25) is 0 Å². The fourth-order valence-electron chi connectivity index (χ4n) is 5.28. The zero-order valence-electron chi connectivity index (χ0n) is 28.0. The van der Waals surface area contributed by atoms with E-state index in [0.29, 0.717) is 0 Å². The molecular formula is C36H70O4Zn. The van der Waals surface area contributed by atoms with Crippen LogP contribution in [-0.4, -0.2) is 11.9 Å². The molecule has 0 N–H and O–H groups in total. The topological polar surface area (TPSA) is 80.3 Å². The third-order valence-corrected chi connectivity index (χ3v) is 7.97. The van der Waals surface area contributed by atoms with Gasteiger partial charge in [-0.1, -0.05) is 194 Å². The van der Waals surface area contributed by atoms with E-state index in [1.165, 1.54) is 167 Å². The van der Waals surface area contributed by atoms with Crippen molar-refractivity contribution in [1.82, 2.24) is 0 Å². The van der Waals surface area contributed by atoms with Crippen LogP contribution in [0.15, 0.2) is 0 Å². The smallest absolute Gasteiger partial charge is 0.550 e. The maximum atomic E-state index is 10.2. The largest absolute Gasteiger partial charge is 2.00 e. The molecular weight excluding hydrogens is 562 g/mol. The van der Waals surface area contributed by atoms with Crippen LogP contribution in [0.5, 0.6) is 0 Å². The molecule has 0 spiro atoms. The van der Waals surface area contributed by atoms with Gasteiger partial charge in [-0.25, -0.2) is 0 Å². The number of aliphatic carboxylic acids is 2. The molecule has 0 amide bonds. The first-order chi connectivity index (χ1) is 19.5. The second-order valence-corrected chi connectivity index (χ2v) is 12.1. The summed E-state index contributed by atoms with van der Waals surface area (Å²) in [7, 11) is 0. The molecule has 0 aliphatic rings. The van der Waals surface area contributed by atoms with Gasteiger partial charge in [-0.05, 0) is 25.7 Å². The summed E-state index contributed by atoms with van der Waals surface area (Å²) in [4.78, 5) is 20.4. The molecule has 0 rings (SSSR count). The molecule has 240 valence electrons. The van der Waals surface area contributed by atoms with Crippen LogP contribution < -0.4 is 10.2 Å². The average molecular weight is 632 g/mol. The van der Waals surface area contributed by atoms with Gasteiger partial charge in [-0.15, -0.1) is 0 Å². The number of carboxylic acids is 2. The predicted octanol–water partition coefficient (Wildman–Crippen LogP) is 9.99. The minimum Gasteiger partial charge on any atom is -0.550 e. The molecule has 0 aromatic rings. The Kier molecular flexibility index (Phi) is 45.8. The molecule has 0 heterocycles. The molecule has 0 atom stereocenters. The van der Waals surface area contributed by atoms with E-state index in [-0.39, 0.29) is 32.3 Å². The minimum absolute atomic E-state index is 0. The molecule has 0 radical (unpaired) electrons. The molecule has 0 unspecified atom stereocenters. The van der Waals surface area contributed by atoms with E-state index in [4.69, 9.17) is 0 Å². The van der Waals surface area contributed by atoms with Gasteiger partial charge in [0, 0.05) is 11.9 Å². The van der Waals surface area contributed by atoms with Crippen molar-refractivity contribution in [3.63, 3.8) is 0 Å². The second kappa shape index (κ2) is 41.7.